The van der Waals surface area contributed by atoms with Crippen LogP contribution in [0, 0.1) is 0 Å². The van der Waals surface area contributed by atoms with Gasteiger partial charge in [0, 0.05) is 17.0 Å². The predicted octanol–water partition coefficient (Wildman–Crippen LogP) is 1.94. The summed E-state index contributed by atoms with van der Waals surface area (Å²) in [6.45, 7) is 0. The molecule has 1 aromatic heterocycles. The molecule has 4 nitrogen and oxygen atoms in total. The van der Waals surface area contributed by atoms with E-state index in [4.69, 9.17) is 9.84 Å². The molecule has 0 aliphatic rings. The molecule has 0 saturated carbocycles. The molecule has 0 aliphatic carbocycles. The van der Waals surface area contributed by atoms with Crippen LogP contribution in [0.4, 0.5) is 0 Å². The van der Waals surface area contributed by atoms with Gasteiger partial charge in [-0.3, -0.25) is 0 Å². The van der Waals surface area contributed by atoms with Crippen molar-refractivity contribution in [3.63, 3.8) is 0 Å². The molecule has 0 aliphatic heterocycles. The van der Waals surface area contributed by atoms with Crippen molar-refractivity contribution in [1.29, 1.82) is 0 Å². The average molecular weight is 203 g/mol. The molecule has 0 amide bonds. The largest absolute Gasteiger partial charge is 0.496 e. The van der Waals surface area contributed by atoms with Crippen molar-refractivity contribution in [3.8, 4) is 5.75 Å². The van der Waals surface area contributed by atoms with Crippen LogP contribution in [0.15, 0.2) is 30.5 Å². The van der Waals surface area contributed by atoms with E-state index in [2.05, 4.69) is 4.98 Å². The molecule has 15 heavy (non-hydrogen) atoms. The fraction of sp³-hybridized carbons (Fsp3) is 0.0909. The average Bonchev–Trinajstić information content (AvgIpc) is 2.27. The van der Waals surface area contributed by atoms with Gasteiger partial charge in [-0.15, -0.1) is 0 Å². The van der Waals surface area contributed by atoms with Crippen LogP contribution in [0.25, 0.3) is 10.8 Å². The molecule has 0 fully saturated rings. The second-order valence-corrected chi connectivity index (χ2v) is 3.06. The number of carboxylic acid groups (broad SMARTS) is 1. The molecule has 4 heteroatoms. The highest BCUT2D eigenvalue weighted by atomic mass is 16.5. The Labute approximate surface area is 86.1 Å². The second kappa shape index (κ2) is 3.57. The van der Waals surface area contributed by atoms with Gasteiger partial charge in [0.25, 0.3) is 0 Å². The maximum atomic E-state index is 10.7. The van der Waals surface area contributed by atoms with E-state index in [0.29, 0.717) is 5.75 Å². The zero-order valence-electron chi connectivity index (χ0n) is 8.10. The van der Waals surface area contributed by atoms with Crippen molar-refractivity contribution >= 4 is 16.7 Å². The van der Waals surface area contributed by atoms with Crippen LogP contribution in [-0.2, 0) is 0 Å². The maximum Gasteiger partial charge on any atom is 0.354 e. The zero-order valence-corrected chi connectivity index (χ0v) is 8.10. The second-order valence-electron chi connectivity index (χ2n) is 3.06. The number of fused-ring (bicyclic) bond motifs is 1. The summed E-state index contributed by atoms with van der Waals surface area (Å²) in [4.78, 5) is 14.6. The van der Waals surface area contributed by atoms with Gasteiger partial charge < -0.3 is 9.84 Å². The molecule has 2 rings (SSSR count). The SMILES string of the molecule is COc1cccc2cnc(C(=O)O)cc12. The molecule has 1 aromatic carbocycles. The summed E-state index contributed by atoms with van der Waals surface area (Å²) < 4.78 is 5.14. The number of methoxy groups -OCH3 is 1. The lowest BCUT2D eigenvalue weighted by atomic mass is 10.1. The smallest absolute Gasteiger partial charge is 0.354 e. The molecule has 2 aromatic rings. The number of pyridine rings is 1. The minimum Gasteiger partial charge on any atom is -0.496 e. The van der Waals surface area contributed by atoms with Gasteiger partial charge in [-0.2, -0.15) is 0 Å². The summed E-state index contributed by atoms with van der Waals surface area (Å²) in [5.41, 5.74) is 0.0204. The molecule has 0 bridgehead atoms. The zero-order chi connectivity index (χ0) is 10.8. The fourth-order valence-corrected chi connectivity index (χ4v) is 1.44. The Hall–Kier alpha value is -2.10. The Balaban J connectivity index is 2.72. The van der Waals surface area contributed by atoms with E-state index < -0.39 is 5.97 Å². The van der Waals surface area contributed by atoms with Crippen molar-refractivity contribution in [1.82, 2.24) is 4.98 Å². The van der Waals surface area contributed by atoms with E-state index in [1.54, 1.807) is 13.2 Å². The first-order valence-electron chi connectivity index (χ1n) is 4.38. The molecule has 0 spiro atoms. The van der Waals surface area contributed by atoms with Crippen molar-refractivity contribution < 1.29 is 14.6 Å². The van der Waals surface area contributed by atoms with E-state index >= 15 is 0 Å². The van der Waals surface area contributed by atoms with E-state index in [-0.39, 0.29) is 5.69 Å². The molecule has 0 atom stereocenters. The van der Waals surface area contributed by atoms with Gasteiger partial charge in [0.05, 0.1) is 7.11 Å². The van der Waals surface area contributed by atoms with Crippen LogP contribution in [-0.4, -0.2) is 23.2 Å². The number of benzene rings is 1. The number of carbonyl (C=O) groups is 1. The summed E-state index contributed by atoms with van der Waals surface area (Å²) in [6.07, 6.45) is 1.53. The Morgan fingerprint density at radius 1 is 1.47 bits per heavy atom. The predicted molar refractivity (Wildman–Crippen MR) is 55.3 cm³/mol. The van der Waals surface area contributed by atoms with Gasteiger partial charge in [-0.1, -0.05) is 12.1 Å². The summed E-state index contributed by atoms with van der Waals surface area (Å²) in [6, 6.07) is 6.99. The minimum absolute atomic E-state index is 0.0204. The highest BCUT2D eigenvalue weighted by molar-refractivity contribution is 5.94. The molecule has 76 valence electrons. The molecule has 0 unspecified atom stereocenters. The number of nitrogens with zero attached hydrogens (tertiary/aromatic N) is 1. The Bertz CT molecular complexity index is 522. The maximum absolute atomic E-state index is 10.7. The monoisotopic (exact) mass is 203 g/mol. The van der Waals surface area contributed by atoms with Gasteiger partial charge in [-0.05, 0) is 12.1 Å². The molecule has 0 saturated heterocycles. The first-order chi connectivity index (χ1) is 7.22. The van der Waals surface area contributed by atoms with E-state index in [0.717, 1.165) is 10.8 Å². The quantitative estimate of drug-likeness (QED) is 0.810. The van der Waals surface area contributed by atoms with Crippen LogP contribution >= 0.6 is 0 Å². The number of ether oxygens (including phenoxy) is 1. The highest BCUT2D eigenvalue weighted by Gasteiger charge is 2.07. The van der Waals surface area contributed by atoms with Crippen molar-refractivity contribution in [2.24, 2.45) is 0 Å². The van der Waals surface area contributed by atoms with Crippen LogP contribution in [0.3, 0.4) is 0 Å². The van der Waals surface area contributed by atoms with E-state index in [1.165, 1.54) is 12.3 Å². The molecular weight excluding hydrogens is 194 g/mol. The lowest BCUT2D eigenvalue weighted by molar-refractivity contribution is 0.0691. The fourth-order valence-electron chi connectivity index (χ4n) is 1.44. The van der Waals surface area contributed by atoms with Crippen molar-refractivity contribution in [2.45, 2.75) is 0 Å². The number of carboxylic acids is 1. The van der Waals surface area contributed by atoms with E-state index in [9.17, 15) is 4.79 Å². The Morgan fingerprint density at radius 2 is 2.27 bits per heavy atom. The first kappa shape index (κ1) is 9.45. The lowest BCUT2D eigenvalue weighted by Crippen LogP contribution is -1.99. The van der Waals surface area contributed by atoms with Gasteiger partial charge in [0.15, 0.2) is 0 Å². The molecule has 0 radical (unpaired) electrons. The van der Waals surface area contributed by atoms with Crippen molar-refractivity contribution in [3.05, 3.63) is 36.2 Å². The van der Waals surface area contributed by atoms with Crippen molar-refractivity contribution in [2.75, 3.05) is 7.11 Å². The summed E-state index contributed by atoms with van der Waals surface area (Å²) >= 11 is 0. The van der Waals surface area contributed by atoms with E-state index in [1.807, 2.05) is 12.1 Å². The highest BCUT2D eigenvalue weighted by Crippen LogP contribution is 2.24. The third kappa shape index (κ3) is 1.61. The third-order valence-electron chi connectivity index (χ3n) is 2.16. The number of aromatic nitrogens is 1. The Morgan fingerprint density at radius 3 is 2.93 bits per heavy atom. The van der Waals surface area contributed by atoms with Crippen LogP contribution in [0.2, 0.25) is 0 Å². The van der Waals surface area contributed by atoms with Crippen LogP contribution in [0.1, 0.15) is 10.5 Å². The Kier molecular flexibility index (Phi) is 2.25. The normalized spacial score (nSPS) is 10.2. The third-order valence-corrected chi connectivity index (χ3v) is 2.16. The standard InChI is InChI=1S/C11H9NO3/c1-15-10-4-2-3-7-6-12-9(11(13)14)5-8(7)10/h2-6H,1H3,(H,13,14). The van der Waals surface area contributed by atoms with Gasteiger partial charge in [-0.25, -0.2) is 9.78 Å². The van der Waals surface area contributed by atoms with Crippen LogP contribution in [0.5, 0.6) is 5.75 Å². The topological polar surface area (TPSA) is 59.4 Å². The van der Waals surface area contributed by atoms with Crippen LogP contribution < -0.4 is 4.74 Å². The van der Waals surface area contributed by atoms with Gasteiger partial charge >= 0.3 is 5.97 Å². The molecular formula is C11H9NO3. The van der Waals surface area contributed by atoms with Gasteiger partial charge in [0.1, 0.15) is 11.4 Å². The number of hydrogen-bond donors (Lipinski definition) is 1. The minimum atomic E-state index is -1.04. The lowest BCUT2D eigenvalue weighted by Gasteiger charge is -2.04. The summed E-state index contributed by atoms with van der Waals surface area (Å²) in [5, 5.41) is 10.4. The first-order valence-corrected chi connectivity index (χ1v) is 4.38. The number of hydrogen-bond acceptors (Lipinski definition) is 3. The summed E-state index contributed by atoms with van der Waals surface area (Å²) in [7, 11) is 1.55. The number of rotatable bonds is 2. The summed E-state index contributed by atoms with van der Waals surface area (Å²) in [5.74, 6) is -0.389. The number of aromatic carboxylic acids is 1. The molecule has 1 heterocycles. The van der Waals surface area contributed by atoms with Gasteiger partial charge in [0.2, 0.25) is 0 Å². The molecule has 1 N–H and O–H groups in total.